The quantitative estimate of drug-likeness (QED) is 0.481. The SMILES string of the molecule is CCOc1cc(C=C2SC(=Nc3ccccc3)N(CCOC)C2=O)c(Br)cc1OC. The van der Waals surface area contributed by atoms with E-state index in [0.29, 0.717) is 41.3 Å². The average Bonchev–Trinajstić information content (AvgIpc) is 3.03. The van der Waals surface area contributed by atoms with E-state index in [0.717, 1.165) is 15.7 Å². The van der Waals surface area contributed by atoms with Gasteiger partial charge in [-0.15, -0.1) is 0 Å². The predicted molar refractivity (Wildman–Crippen MR) is 125 cm³/mol. The zero-order valence-corrected chi connectivity index (χ0v) is 19.5. The van der Waals surface area contributed by atoms with E-state index in [1.165, 1.54) is 11.8 Å². The topological polar surface area (TPSA) is 60.4 Å². The van der Waals surface area contributed by atoms with Crippen molar-refractivity contribution in [3.63, 3.8) is 0 Å². The number of rotatable bonds is 8. The molecule has 2 aromatic carbocycles. The smallest absolute Gasteiger partial charge is 0.266 e. The summed E-state index contributed by atoms with van der Waals surface area (Å²) in [5.74, 6) is 1.15. The zero-order chi connectivity index (χ0) is 21.5. The van der Waals surface area contributed by atoms with Crippen LogP contribution in [0.25, 0.3) is 6.08 Å². The van der Waals surface area contributed by atoms with Crippen molar-refractivity contribution in [1.82, 2.24) is 4.90 Å². The van der Waals surface area contributed by atoms with Crippen molar-refractivity contribution in [2.45, 2.75) is 6.92 Å². The van der Waals surface area contributed by atoms with E-state index in [1.54, 1.807) is 19.1 Å². The van der Waals surface area contributed by atoms with Crippen molar-refractivity contribution in [2.24, 2.45) is 4.99 Å². The van der Waals surface area contributed by atoms with Gasteiger partial charge in [-0.2, -0.15) is 0 Å². The number of benzene rings is 2. The summed E-state index contributed by atoms with van der Waals surface area (Å²) in [5, 5.41) is 0.629. The van der Waals surface area contributed by atoms with Crippen molar-refractivity contribution in [3.05, 3.63) is 57.4 Å². The lowest BCUT2D eigenvalue weighted by Gasteiger charge is -2.14. The normalized spacial score (nSPS) is 16.5. The fourth-order valence-corrected chi connectivity index (χ4v) is 4.27. The molecule has 1 aliphatic heterocycles. The van der Waals surface area contributed by atoms with Crippen LogP contribution >= 0.6 is 27.7 Å². The summed E-state index contributed by atoms with van der Waals surface area (Å²) in [6.45, 7) is 3.28. The molecule has 0 unspecified atom stereocenters. The molecule has 1 amide bonds. The Labute approximate surface area is 189 Å². The highest BCUT2D eigenvalue weighted by Gasteiger charge is 2.33. The second-order valence-corrected chi connectivity index (χ2v) is 8.11. The van der Waals surface area contributed by atoms with Gasteiger partial charge in [0.05, 0.1) is 37.5 Å². The maximum atomic E-state index is 13.1. The van der Waals surface area contributed by atoms with Gasteiger partial charge >= 0.3 is 0 Å². The molecular weight excluding hydrogens is 468 g/mol. The summed E-state index contributed by atoms with van der Waals surface area (Å²) in [7, 11) is 3.21. The number of thioether (sulfide) groups is 1. The van der Waals surface area contributed by atoms with Gasteiger partial charge in [-0.25, -0.2) is 4.99 Å². The van der Waals surface area contributed by atoms with Crippen LogP contribution in [0.3, 0.4) is 0 Å². The van der Waals surface area contributed by atoms with Crippen molar-refractivity contribution >= 4 is 50.5 Å². The first-order valence-electron chi connectivity index (χ1n) is 9.41. The van der Waals surface area contributed by atoms with Gasteiger partial charge in [0, 0.05) is 11.6 Å². The molecule has 0 aromatic heterocycles. The van der Waals surface area contributed by atoms with E-state index < -0.39 is 0 Å². The highest BCUT2D eigenvalue weighted by Crippen LogP contribution is 2.38. The summed E-state index contributed by atoms with van der Waals surface area (Å²) < 4.78 is 17.0. The number of para-hydroxylation sites is 1. The fourth-order valence-electron chi connectivity index (χ4n) is 2.81. The third-order valence-corrected chi connectivity index (χ3v) is 5.95. The monoisotopic (exact) mass is 490 g/mol. The summed E-state index contributed by atoms with van der Waals surface area (Å²) >= 11 is 4.91. The van der Waals surface area contributed by atoms with Crippen LogP contribution in [0.5, 0.6) is 11.5 Å². The summed E-state index contributed by atoms with van der Waals surface area (Å²) in [6, 6.07) is 13.3. The number of ether oxygens (including phenoxy) is 3. The molecule has 30 heavy (non-hydrogen) atoms. The number of nitrogens with zero attached hydrogens (tertiary/aromatic N) is 2. The van der Waals surface area contributed by atoms with Gasteiger partial charge in [-0.1, -0.05) is 34.1 Å². The molecule has 6 nitrogen and oxygen atoms in total. The van der Waals surface area contributed by atoms with Gasteiger partial charge < -0.3 is 14.2 Å². The Balaban J connectivity index is 1.97. The molecule has 158 valence electrons. The van der Waals surface area contributed by atoms with Gasteiger partial charge in [0.1, 0.15) is 0 Å². The molecule has 0 spiro atoms. The molecule has 0 N–H and O–H groups in total. The van der Waals surface area contributed by atoms with Crippen molar-refractivity contribution in [3.8, 4) is 11.5 Å². The van der Waals surface area contributed by atoms with Crippen LogP contribution in [0.2, 0.25) is 0 Å². The first-order valence-corrected chi connectivity index (χ1v) is 11.0. The maximum absolute atomic E-state index is 13.1. The second-order valence-electron chi connectivity index (χ2n) is 6.25. The minimum atomic E-state index is -0.104. The minimum Gasteiger partial charge on any atom is -0.493 e. The number of hydrogen-bond acceptors (Lipinski definition) is 6. The first-order chi connectivity index (χ1) is 14.6. The Bertz CT molecular complexity index is 963. The largest absolute Gasteiger partial charge is 0.493 e. The highest BCUT2D eigenvalue weighted by atomic mass is 79.9. The summed E-state index contributed by atoms with van der Waals surface area (Å²) in [6.07, 6.45) is 1.84. The van der Waals surface area contributed by atoms with Gasteiger partial charge in [-0.05, 0) is 54.6 Å². The maximum Gasteiger partial charge on any atom is 0.266 e. The van der Waals surface area contributed by atoms with Gasteiger partial charge in [0.2, 0.25) is 0 Å². The molecular formula is C22H23BrN2O4S. The highest BCUT2D eigenvalue weighted by molar-refractivity contribution is 9.10. The van der Waals surface area contributed by atoms with E-state index >= 15 is 0 Å². The van der Waals surface area contributed by atoms with Crippen molar-refractivity contribution < 1.29 is 19.0 Å². The Morgan fingerprint density at radius 2 is 1.93 bits per heavy atom. The summed E-state index contributed by atoms with van der Waals surface area (Å²) in [5.41, 5.74) is 1.61. The number of aliphatic imine (C=N–C) groups is 1. The van der Waals surface area contributed by atoms with Crippen molar-refractivity contribution in [1.29, 1.82) is 0 Å². The molecule has 1 aliphatic rings. The van der Waals surface area contributed by atoms with E-state index in [-0.39, 0.29) is 5.91 Å². The zero-order valence-electron chi connectivity index (χ0n) is 17.1. The molecule has 8 heteroatoms. The van der Waals surface area contributed by atoms with Gasteiger partial charge in [0.25, 0.3) is 5.91 Å². The number of halogens is 1. The van der Waals surface area contributed by atoms with E-state index in [9.17, 15) is 4.79 Å². The van der Waals surface area contributed by atoms with Crippen LogP contribution in [0.1, 0.15) is 12.5 Å². The molecule has 2 aromatic rings. The number of amidine groups is 1. The Morgan fingerprint density at radius 1 is 1.17 bits per heavy atom. The van der Waals surface area contributed by atoms with Crippen LogP contribution in [-0.4, -0.2) is 50.0 Å². The van der Waals surface area contributed by atoms with E-state index in [2.05, 4.69) is 20.9 Å². The number of amides is 1. The second kappa shape index (κ2) is 10.7. The number of hydrogen-bond donors (Lipinski definition) is 0. The average molecular weight is 491 g/mol. The van der Waals surface area contributed by atoms with Gasteiger partial charge in [-0.3, -0.25) is 9.69 Å². The lowest BCUT2D eigenvalue weighted by Crippen LogP contribution is -2.32. The van der Waals surface area contributed by atoms with Crippen LogP contribution in [0, 0.1) is 0 Å². The first kappa shape index (κ1) is 22.4. The third kappa shape index (κ3) is 5.24. The van der Waals surface area contributed by atoms with Crippen LogP contribution in [0.15, 0.2) is 56.8 Å². The number of carbonyl (C=O) groups excluding carboxylic acids is 1. The predicted octanol–water partition coefficient (Wildman–Crippen LogP) is 5.11. The van der Waals surface area contributed by atoms with Gasteiger partial charge in [0.15, 0.2) is 16.7 Å². The molecule has 0 bridgehead atoms. The fraction of sp³-hybridized carbons (Fsp3) is 0.273. The molecule has 0 radical (unpaired) electrons. The van der Waals surface area contributed by atoms with Crippen molar-refractivity contribution in [2.75, 3.05) is 34.0 Å². The minimum absolute atomic E-state index is 0.104. The lowest BCUT2D eigenvalue weighted by molar-refractivity contribution is -0.122. The van der Waals surface area contributed by atoms with E-state index in [4.69, 9.17) is 14.2 Å². The molecule has 1 saturated heterocycles. The molecule has 0 atom stereocenters. The molecule has 0 saturated carbocycles. The van der Waals surface area contributed by atoms with Crippen LogP contribution < -0.4 is 9.47 Å². The molecule has 1 fully saturated rings. The standard InChI is InChI=1S/C22H23BrN2O4S/c1-4-29-19-12-15(17(23)14-18(19)28-3)13-20-21(26)25(10-11-27-2)22(30-20)24-16-8-6-5-7-9-16/h5-9,12-14H,4,10-11H2,1-3H3. The molecule has 3 rings (SSSR count). The number of carbonyl (C=O) groups is 1. The summed E-state index contributed by atoms with van der Waals surface area (Å²) in [4.78, 5) is 20.0. The Morgan fingerprint density at radius 3 is 2.60 bits per heavy atom. The molecule has 0 aliphatic carbocycles. The third-order valence-electron chi connectivity index (χ3n) is 4.26. The molecule has 1 heterocycles. The lowest BCUT2D eigenvalue weighted by atomic mass is 10.2. The van der Waals surface area contributed by atoms with Crippen LogP contribution in [0.4, 0.5) is 5.69 Å². The van der Waals surface area contributed by atoms with Crippen LogP contribution in [-0.2, 0) is 9.53 Å². The Hall–Kier alpha value is -2.29. The number of methoxy groups -OCH3 is 2. The Kier molecular flexibility index (Phi) is 7.95. The van der Waals surface area contributed by atoms with E-state index in [1.807, 2.05) is 55.5 Å².